The third-order valence-corrected chi connectivity index (χ3v) is 3.71. The Labute approximate surface area is 132 Å². The quantitative estimate of drug-likeness (QED) is 0.664. The second-order valence-corrected chi connectivity index (χ2v) is 5.59. The first-order valence-corrected chi connectivity index (χ1v) is 7.65. The third-order valence-electron chi connectivity index (χ3n) is 2.67. The minimum absolute atomic E-state index is 0.0696. The van der Waals surface area contributed by atoms with Crippen LogP contribution < -0.4 is 10.3 Å². The van der Waals surface area contributed by atoms with Gasteiger partial charge < -0.3 is 9.72 Å². The molecule has 0 bridgehead atoms. The van der Waals surface area contributed by atoms with Crippen molar-refractivity contribution in [2.24, 2.45) is 0 Å². The molecule has 0 unspecified atom stereocenters. The van der Waals surface area contributed by atoms with Gasteiger partial charge in [0.2, 0.25) is 0 Å². The van der Waals surface area contributed by atoms with Gasteiger partial charge >= 0.3 is 0 Å². The van der Waals surface area contributed by atoms with Crippen molar-refractivity contribution in [2.75, 3.05) is 13.4 Å². The molecular weight excluding hydrogens is 361 g/mol. The first kappa shape index (κ1) is 15.5. The number of aromatic amines is 1. The molecule has 0 amide bonds. The summed E-state index contributed by atoms with van der Waals surface area (Å²) >= 11 is 4.39. The van der Waals surface area contributed by atoms with Gasteiger partial charge in [-0.05, 0) is 18.4 Å². The number of H-pyrrole nitrogens is 1. The lowest BCUT2D eigenvalue weighted by Crippen LogP contribution is -2.15. The Bertz CT molecular complexity index is 801. The van der Waals surface area contributed by atoms with Crippen LogP contribution >= 0.6 is 27.7 Å². The number of nitriles is 1. The summed E-state index contributed by atoms with van der Waals surface area (Å²) in [5.41, 5.74) is -0.442. The van der Waals surface area contributed by atoms with Gasteiger partial charge in [0.1, 0.15) is 17.3 Å². The van der Waals surface area contributed by atoms with Gasteiger partial charge in [0.05, 0.1) is 7.11 Å². The molecular formula is C13H9BrFN3O2S. The lowest BCUT2D eigenvalue weighted by Gasteiger charge is -2.11. The Morgan fingerprint density at radius 2 is 2.24 bits per heavy atom. The Balaban J connectivity index is 2.87. The molecule has 108 valence electrons. The summed E-state index contributed by atoms with van der Waals surface area (Å²) in [5, 5.41) is 9.49. The number of halogens is 2. The molecule has 0 saturated heterocycles. The van der Waals surface area contributed by atoms with Crippen molar-refractivity contribution in [3.63, 3.8) is 0 Å². The number of methoxy groups -OCH3 is 1. The Hall–Kier alpha value is -1.85. The smallest absolute Gasteiger partial charge is 0.270 e. The molecule has 1 heterocycles. The van der Waals surface area contributed by atoms with Gasteiger partial charge in [-0.25, -0.2) is 9.37 Å². The number of rotatable bonds is 3. The number of hydrogen-bond donors (Lipinski definition) is 1. The zero-order valence-electron chi connectivity index (χ0n) is 11.0. The molecule has 0 aliphatic heterocycles. The van der Waals surface area contributed by atoms with Crippen LogP contribution in [0.5, 0.6) is 5.75 Å². The fourth-order valence-corrected chi connectivity index (χ4v) is 2.60. The van der Waals surface area contributed by atoms with Crippen LogP contribution in [0.2, 0.25) is 0 Å². The van der Waals surface area contributed by atoms with E-state index < -0.39 is 11.4 Å². The van der Waals surface area contributed by atoms with Gasteiger partial charge in [0.15, 0.2) is 16.7 Å². The molecule has 1 aromatic heterocycles. The fourth-order valence-electron chi connectivity index (χ4n) is 1.79. The van der Waals surface area contributed by atoms with Gasteiger partial charge in [0.25, 0.3) is 5.56 Å². The molecule has 0 fully saturated rings. The first-order valence-electron chi connectivity index (χ1n) is 5.63. The summed E-state index contributed by atoms with van der Waals surface area (Å²) in [4.78, 5) is 18.6. The van der Waals surface area contributed by atoms with Crippen LogP contribution in [-0.4, -0.2) is 23.3 Å². The van der Waals surface area contributed by atoms with E-state index in [0.717, 1.165) is 0 Å². The molecule has 8 heteroatoms. The highest BCUT2D eigenvalue weighted by Crippen LogP contribution is 2.35. The lowest BCUT2D eigenvalue weighted by molar-refractivity contribution is 0.388. The van der Waals surface area contributed by atoms with Crippen molar-refractivity contribution in [1.29, 1.82) is 5.26 Å². The molecule has 0 aliphatic carbocycles. The van der Waals surface area contributed by atoms with Crippen molar-refractivity contribution in [3.8, 4) is 23.1 Å². The number of hydrogen-bond acceptors (Lipinski definition) is 5. The molecule has 0 radical (unpaired) electrons. The van der Waals surface area contributed by atoms with Crippen LogP contribution in [0.15, 0.2) is 26.6 Å². The van der Waals surface area contributed by atoms with Crippen molar-refractivity contribution in [3.05, 3.63) is 38.3 Å². The van der Waals surface area contributed by atoms with E-state index in [0.29, 0.717) is 9.63 Å². The van der Waals surface area contributed by atoms with Crippen LogP contribution in [0.1, 0.15) is 5.56 Å². The first-order chi connectivity index (χ1) is 10.0. The maximum Gasteiger partial charge on any atom is 0.270 e. The predicted molar refractivity (Wildman–Crippen MR) is 81.0 cm³/mol. The van der Waals surface area contributed by atoms with E-state index in [1.165, 1.54) is 24.9 Å². The number of nitrogens with zero attached hydrogens (tertiary/aromatic N) is 2. The van der Waals surface area contributed by atoms with Gasteiger partial charge in [-0.3, -0.25) is 4.79 Å². The fraction of sp³-hybridized carbons (Fsp3) is 0.154. The summed E-state index contributed by atoms with van der Waals surface area (Å²) in [5.74, 6) is -0.682. The topological polar surface area (TPSA) is 78.8 Å². The normalized spacial score (nSPS) is 10.2. The molecule has 2 rings (SSSR count). The highest BCUT2D eigenvalue weighted by atomic mass is 79.9. The minimum atomic E-state index is -0.612. The van der Waals surface area contributed by atoms with Crippen molar-refractivity contribution >= 4 is 27.7 Å². The van der Waals surface area contributed by atoms with Crippen LogP contribution in [-0.2, 0) is 0 Å². The molecule has 21 heavy (non-hydrogen) atoms. The SMILES string of the molecule is COc1c(F)cc(Br)cc1-c1nc(SC)[nH]c(=O)c1C#N. The molecule has 5 nitrogen and oxygen atoms in total. The average molecular weight is 370 g/mol. The number of benzene rings is 1. The summed E-state index contributed by atoms with van der Waals surface area (Å²) in [6, 6.07) is 4.58. The van der Waals surface area contributed by atoms with Crippen molar-refractivity contribution in [1.82, 2.24) is 9.97 Å². The van der Waals surface area contributed by atoms with E-state index in [9.17, 15) is 9.18 Å². The summed E-state index contributed by atoms with van der Waals surface area (Å²) in [6.45, 7) is 0. The van der Waals surface area contributed by atoms with Crippen LogP contribution in [0.4, 0.5) is 4.39 Å². The molecule has 0 spiro atoms. The Morgan fingerprint density at radius 1 is 1.52 bits per heavy atom. The van der Waals surface area contributed by atoms with E-state index in [-0.39, 0.29) is 22.6 Å². The van der Waals surface area contributed by atoms with Gasteiger partial charge in [-0.1, -0.05) is 27.7 Å². The standard InChI is InChI=1S/C13H9BrFN3O2S/c1-20-11-7(3-6(14)4-9(11)15)10-8(5-16)12(19)18-13(17-10)21-2/h3-4H,1-2H3,(H,17,18,19). The third kappa shape index (κ3) is 2.94. The van der Waals surface area contributed by atoms with E-state index in [2.05, 4.69) is 25.9 Å². The maximum absolute atomic E-state index is 14.0. The molecule has 0 saturated carbocycles. The molecule has 0 atom stereocenters. The second kappa shape index (κ2) is 6.28. The predicted octanol–water partition coefficient (Wildman–Crippen LogP) is 2.94. The number of aromatic nitrogens is 2. The summed E-state index contributed by atoms with van der Waals surface area (Å²) < 4.78 is 19.4. The van der Waals surface area contributed by atoms with Crippen molar-refractivity contribution in [2.45, 2.75) is 5.16 Å². The van der Waals surface area contributed by atoms with Crippen molar-refractivity contribution < 1.29 is 9.13 Å². The molecule has 0 aliphatic rings. The van der Waals surface area contributed by atoms with Crippen LogP contribution in [0.3, 0.4) is 0 Å². The van der Waals surface area contributed by atoms with E-state index in [1.54, 1.807) is 18.4 Å². The summed E-state index contributed by atoms with van der Waals surface area (Å²) in [6.07, 6.45) is 1.73. The molecule has 1 aromatic carbocycles. The maximum atomic E-state index is 14.0. The zero-order chi connectivity index (χ0) is 15.6. The lowest BCUT2D eigenvalue weighted by atomic mass is 10.1. The highest BCUT2D eigenvalue weighted by molar-refractivity contribution is 9.10. The Morgan fingerprint density at radius 3 is 2.81 bits per heavy atom. The van der Waals surface area contributed by atoms with Crippen LogP contribution in [0, 0.1) is 17.1 Å². The zero-order valence-corrected chi connectivity index (χ0v) is 13.4. The van der Waals surface area contributed by atoms with E-state index >= 15 is 0 Å². The minimum Gasteiger partial charge on any atom is -0.493 e. The largest absolute Gasteiger partial charge is 0.493 e. The number of thioether (sulfide) groups is 1. The average Bonchev–Trinajstić information content (AvgIpc) is 2.45. The monoisotopic (exact) mass is 369 g/mol. The second-order valence-electron chi connectivity index (χ2n) is 3.88. The number of ether oxygens (including phenoxy) is 1. The molecule has 2 aromatic rings. The van der Waals surface area contributed by atoms with Gasteiger partial charge in [-0.15, -0.1) is 0 Å². The van der Waals surface area contributed by atoms with E-state index in [1.807, 2.05) is 0 Å². The van der Waals surface area contributed by atoms with Gasteiger partial charge in [0, 0.05) is 10.0 Å². The van der Waals surface area contributed by atoms with E-state index in [4.69, 9.17) is 10.00 Å². The highest BCUT2D eigenvalue weighted by Gasteiger charge is 2.20. The Kier molecular flexibility index (Phi) is 4.65. The molecule has 1 N–H and O–H groups in total. The summed E-state index contributed by atoms with van der Waals surface area (Å²) in [7, 11) is 1.31. The number of nitrogens with one attached hydrogen (secondary N) is 1. The van der Waals surface area contributed by atoms with Crippen LogP contribution in [0.25, 0.3) is 11.3 Å². The van der Waals surface area contributed by atoms with Gasteiger partial charge in [-0.2, -0.15) is 5.26 Å².